The maximum atomic E-state index is 5.56. The van der Waals surface area contributed by atoms with Crippen LogP contribution < -0.4 is 11.1 Å². The van der Waals surface area contributed by atoms with Gasteiger partial charge in [0, 0.05) is 25.0 Å². The molecule has 1 fully saturated rings. The van der Waals surface area contributed by atoms with Crippen molar-refractivity contribution >= 4 is 11.6 Å². The summed E-state index contributed by atoms with van der Waals surface area (Å²) in [6, 6.07) is 2.48. The van der Waals surface area contributed by atoms with Crippen molar-refractivity contribution in [2.75, 3.05) is 5.32 Å². The Morgan fingerprint density at radius 2 is 2.40 bits per heavy atom. The van der Waals surface area contributed by atoms with Crippen LogP contribution in [0.15, 0.2) is 18.5 Å². The lowest BCUT2D eigenvalue weighted by atomic mass is 10.5. The molecule has 0 spiro atoms. The van der Waals surface area contributed by atoms with Crippen molar-refractivity contribution < 1.29 is 0 Å². The Labute approximate surface area is 87.3 Å². The van der Waals surface area contributed by atoms with E-state index in [-0.39, 0.29) is 0 Å². The van der Waals surface area contributed by atoms with E-state index in [1.807, 2.05) is 16.7 Å². The quantitative estimate of drug-likeness (QED) is 0.772. The number of rotatable bonds is 3. The molecule has 5 heteroatoms. The van der Waals surface area contributed by atoms with Crippen LogP contribution in [0.2, 0.25) is 0 Å². The smallest absolute Gasteiger partial charge is 0.208 e. The predicted molar refractivity (Wildman–Crippen MR) is 57.5 cm³/mol. The fraction of sp³-hybridized carbons (Fsp3) is 0.400. The van der Waals surface area contributed by atoms with E-state index in [0.717, 1.165) is 17.3 Å². The molecule has 0 aromatic carbocycles. The van der Waals surface area contributed by atoms with E-state index in [4.69, 9.17) is 5.73 Å². The summed E-state index contributed by atoms with van der Waals surface area (Å²) < 4.78 is 1.96. The second-order valence-corrected chi connectivity index (χ2v) is 3.85. The van der Waals surface area contributed by atoms with Crippen molar-refractivity contribution in [1.29, 1.82) is 0 Å². The number of fused-ring (bicyclic) bond motifs is 1. The van der Waals surface area contributed by atoms with E-state index < -0.39 is 0 Å². The molecule has 5 nitrogen and oxygen atoms in total. The number of imidazole rings is 1. The van der Waals surface area contributed by atoms with E-state index in [9.17, 15) is 0 Å². The zero-order valence-corrected chi connectivity index (χ0v) is 8.35. The summed E-state index contributed by atoms with van der Waals surface area (Å²) in [4.78, 5) is 8.68. The third-order valence-corrected chi connectivity index (χ3v) is 2.55. The molecule has 15 heavy (non-hydrogen) atoms. The first-order valence-electron chi connectivity index (χ1n) is 5.16. The molecular formula is C10H13N5. The second kappa shape index (κ2) is 3.20. The highest BCUT2D eigenvalue weighted by Crippen LogP contribution is 2.23. The molecule has 0 unspecified atom stereocenters. The SMILES string of the molecule is NCc1cn2c(NC3CC3)nccc2n1. The van der Waals surface area contributed by atoms with Gasteiger partial charge in [-0.15, -0.1) is 0 Å². The van der Waals surface area contributed by atoms with Gasteiger partial charge in [0.2, 0.25) is 5.95 Å². The number of anilines is 1. The summed E-state index contributed by atoms with van der Waals surface area (Å²) in [6.07, 6.45) is 6.17. The van der Waals surface area contributed by atoms with Crippen LogP contribution in [0.25, 0.3) is 5.65 Å². The van der Waals surface area contributed by atoms with Crippen LogP contribution in [0.1, 0.15) is 18.5 Å². The van der Waals surface area contributed by atoms with Gasteiger partial charge in [-0.1, -0.05) is 0 Å². The Morgan fingerprint density at radius 1 is 1.53 bits per heavy atom. The van der Waals surface area contributed by atoms with Crippen molar-refractivity contribution in [3.63, 3.8) is 0 Å². The lowest BCUT2D eigenvalue weighted by Gasteiger charge is -2.04. The highest BCUT2D eigenvalue weighted by molar-refractivity contribution is 5.47. The molecule has 0 atom stereocenters. The van der Waals surface area contributed by atoms with Crippen LogP contribution >= 0.6 is 0 Å². The predicted octanol–water partition coefficient (Wildman–Crippen LogP) is 0.762. The van der Waals surface area contributed by atoms with Gasteiger partial charge in [-0.2, -0.15) is 0 Å². The monoisotopic (exact) mass is 203 g/mol. The van der Waals surface area contributed by atoms with Gasteiger partial charge in [0.15, 0.2) is 0 Å². The molecule has 1 aliphatic carbocycles. The van der Waals surface area contributed by atoms with Gasteiger partial charge >= 0.3 is 0 Å². The summed E-state index contributed by atoms with van der Waals surface area (Å²) in [6.45, 7) is 0.463. The van der Waals surface area contributed by atoms with E-state index in [1.54, 1.807) is 6.20 Å². The average molecular weight is 203 g/mol. The molecule has 2 heterocycles. The number of nitrogens with zero attached hydrogens (tertiary/aromatic N) is 3. The highest BCUT2D eigenvalue weighted by atomic mass is 15.2. The molecular weight excluding hydrogens is 190 g/mol. The maximum Gasteiger partial charge on any atom is 0.208 e. The van der Waals surface area contributed by atoms with Gasteiger partial charge in [0.25, 0.3) is 0 Å². The van der Waals surface area contributed by atoms with Crippen molar-refractivity contribution in [3.8, 4) is 0 Å². The van der Waals surface area contributed by atoms with Crippen LogP contribution in [0.4, 0.5) is 5.95 Å². The van der Waals surface area contributed by atoms with Crippen LogP contribution in [0.5, 0.6) is 0 Å². The molecule has 1 saturated carbocycles. The Hall–Kier alpha value is -1.62. The molecule has 0 aliphatic heterocycles. The first-order valence-corrected chi connectivity index (χ1v) is 5.16. The highest BCUT2D eigenvalue weighted by Gasteiger charge is 2.22. The summed E-state index contributed by atoms with van der Waals surface area (Å²) in [7, 11) is 0. The Kier molecular flexibility index (Phi) is 1.85. The first-order chi connectivity index (χ1) is 7.36. The second-order valence-electron chi connectivity index (χ2n) is 3.85. The molecule has 0 saturated heterocycles. The number of hydrogen-bond donors (Lipinski definition) is 2. The summed E-state index contributed by atoms with van der Waals surface area (Å²) in [5.41, 5.74) is 7.35. The molecule has 1 aliphatic rings. The number of nitrogens with one attached hydrogen (secondary N) is 1. The van der Waals surface area contributed by atoms with E-state index in [0.29, 0.717) is 12.6 Å². The minimum atomic E-state index is 0.463. The summed E-state index contributed by atoms with van der Waals surface area (Å²) in [5.74, 6) is 0.863. The van der Waals surface area contributed by atoms with E-state index in [2.05, 4.69) is 15.3 Å². The Morgan fingerprint density at radius 3 is 3.13 bits per heavy atom. The van der Waals surface area contributed by atoms with Gasteiger partial charge < -0.3 is 11.1 Å². The zero-order chi connectivity index (χ0) is 10.3. The van der Waals surface area contributed by atoms with E-state index in [1.165, 1.54) is 12.8 Å². The van der Waals surface area contributed by atoms with Crippen molar-refractivity contribution in [1.82, 2.24) is 14.4 Å². The number of aromatic nitrogens is 3. The van der Waals surface area contributed by atoms with Gasteiger partial charge in [-0.3, -0.25) is 4.40 Å². The molecule has 78 valence electrons. The van der Waals surface area contributed by atoms with Crippen LogP contribution in [-0.2, 0) is 6.54 Å². The van der Waals surface area contributed by atoms with Crippen molar-refractivity contribution in [2.24, 2.45) is 5.73 Å². The van der Waals surface area contributed by atoms with Gasteiger partial charge in [0.1, 0.15) is 5.65 Å². The number of nitrogens with two attached hydrogens (primary N) is 1. The molecule has 0 amide bonds. The zero-order valence-electron chi connectivity index (χ0n) is 8.35. The van der Waals surface area contributed by atoms with Gasteiger partial charge in [-0.05, 0) is 18.9 Å². The van der Waals surface area contributed by atoms with E-state index >= 15 is 0 Å². The normalized spacial score (nSPS) is 15.8. The molecule has 3 N–H and O–H groups in total. The Balaban J connectivity index is 2.06. The van der Waals surface area contributed by atoms with Gasteiger partial charge in [0.05, 0.1) is 5.69 Å². The van der Waals surface area contributed by atoms with Gasteiger partial charge in [-0.25, -0.2) is 9.97 Å². The lowest BCUT2D eigenvalue weighted by molar-refractivity contribution is 1.000. The average Bonchev–Trinajstić information content (AvgIpc) is 2.96. The molecule has 3 rings (SSSR count). The van der Waals surface area contributed by atoms with Crippen molar-refractivity contribution in [3.05, 3.63) is 24.2 Å². The van der Waals surface area contributed by atoms with Crippen LogP contribution in [-0.4, -0.2) is 20.4 Å². The largest absolute Gasteiger partial charge is 0.353 e. The fourth-order valence-electron chi connectivity index (χ4n) is 1.58. The number of hydrogen-bond acceptors (Lipinski definition) is 4. The minimum Gasteiger partial charge on any atom is -0.353 e. The standard InChI is InChI=1S/C10H13N5/c11-5-8-6-15-9(13-8)3-4-12-10(15)14-7-1-2-7/h3-4,6-7H,1-2,5,11H2,(H,12,14). The third kappa shape index (κ3) is 1.55. The lowest BCUT2D eigenvalue weighted by Crippen LogP contribution is -2.07. The minimum absolute atomic E-state index is 0.463. The van der Waals surface area contributed by atoms with Crippen LogP contribution in [0, 0.1) is 0 Å². The molecule has 0 radical (unpaired) electrons. The molecule has 2 aromatic rings. The topological polar surface area (TPSA) is 68.2 Å². The summed E-state index contributed by atoms with van der Waals surface area (Å²) >= 11 is 0. The third-order valence-electron chi connectivity index (χ3n) is 2.55. The fourth-order valence-corrected chi connectivity index (χ4v) is 1.58. The summed E-state index contributed by atoms with van der Waals surface area (Å²) in [5, 5.41) is 3.37. The van der Waals surface area contributed by atoms with Crippen molar-refractivity contribution in [2.45, 2.75) is 25.4 Å². The van der Waals surface area contributed by atoms with Crippen LogP contribution in [0.3, 0.4) is 0 Å². The first kappa shape index (κ1) is 8.67. The maximum absolute atomic E-state index is 5.56. The molecule has 0 bridgehead atoms. The molecule has 2 aromatic heterocycles. The Bertz CT molecular complexity index is 486.